The van der Waals surface area contributed by atoms with Crippen molar-refractivity contribution in [3.8, 4) is 0 Å². The Morgan fingerprint density at radius 1 is 0.735 bits per heavy atom. The Bertz CT molecular complexity index is 1510. The summed E-state index contributed by atoms with van der Waals surface area (Å²) in [5.41, 5.74) is 0.461. The SMILES string of the molecule is O=C(Nc1ccc(S(=O)(=O)Nc2ncccn2)cc1)c1sccc1NS(=O)(=O)c1ccccc1. The molecule has 4 rings (SSSR count). The zero-order chi connectivity index (χ0) is 24.2. The first-order chi connectivity index (χ1) is 16.2. The van der Waals surface area contributed by atoms with Crippen LogP contribution < -0.4 is 14.8 Å². The number of carbonyl (C=O) groups is 1. The molecule has 2 aromatic carbocycles. The zero-order valence-corrected chi connectivity index (χ0v) is 19.7. The number of thiophene rings is 1. The van der Waals surface area contributed by atoms with Crippen molar-refractivity contribution in [2.24, 2.45) is 0 Å². The summed E-state index contributed by atoms with van der Waals surface area (Å²) in [7, 11) is -7.78. The third-order valence-electron chi connectivity index (χ3n) is 4.38. The lowest BCUT2D eigenvalue weighted by Crippen LogP contribution is -2.17. The van der Waals surface area contributed by atoms with Crippen LogP contribution in [0.25, 0.3) is 0 Å². The van der Waals surface area contributed by atoms with Gasteiger partial charge in [-0.25, -0.2) is 31.5 Å². The molecule has 0 aliphatic heterocycles. The van der Waals surface area contributed by atoms with Crippen molar-refractivity contribution < 1.29 is 21.6 Å². The lowest BCUT2D eigenvalue weighted by Gasteiger charge is -2.10. The third-order valence-corrected chi connectivity index (χ3v) is 8.02. The molecule has 0 atom stereocenters. The third kappa shape index (κ3) is 5.39. The number of nitrogens with zero attached hydrogens (tertiary/aromatic N) is 2. The number of carbonyl (C=O) groups excluding carboxylic acids is 1. The monoisotopic (exact) mass is 515 g/mol. The molecule has 0 fully saturated rings. The lowest BCUT2D eigenvalue weighted by atomic mass is 10.3. The van der Waals surface area contributed by atoms with Gasteiger partial charge in [0.05, 0.1) is 15.5 Å². The Morgan fingerprint density at radius 2 is 1.35 bits per heavy atom. The number of hydrogen-bond donors (Lipinski definition) is 3. The molecule has 0 radical (unpaired) electrons. The van der Waals surface area contributed by atoms with Crippen molar-refractivity contribution in [2.75, 3.05) is 14.8 Å². The number of sulfonamides is 2. The fourth-order valence-electron chi connectivity index (χ4n) is 2.80. The molecular weight excluding hydrogens is 498 g/mol. The summed E-state index contributed by atoms with van der Waals surface area (Å²) in [4.78, 5) is 20.6. The summed E-state index contributed by atoms with van der Waals surface area (Å²) in [6.45, 7) is 0. The molecular formula is C21H17N5O5S3. The fraction of sp³-hybridized carbons (Fsp3) is 0. The summed E-state index contributed by atoms with van der Waals surface area (Å²) in [6, 6.07) is 16.3. The van der Waals surface area contributed by atoms with Gasteiger partial charge in [-0.3, -0.25) is 9.52 Å². The average Bonchev–Trinajstić information content (AvgIpc) is 3.28. The maximum atomic E-state index is 12.8. The van der Waals surface area contributed by atoms with Gasteiger partial charge in [-0.15, -0.1) is 11.3 Å². The number of hydrogen-bond acceptors (Lipinski definition) is 8. The van der Waals surface area contributed by atoms with Crippen molar-refractivity contribution in [2.45, 2.75) is 9.79 Å². The van der Waals surface area contributed by atoms with E-state index in [4.69, 9.17) is 0 Å². The topological polar surface area (TPSA) is 147 Å². The molecule has 13 heteroatoms. The Hall–Kier alpha value is -3.81. The van der Waals surface area contributed by atoms with E-state index >= 15 is 0 Å². The summed E-state index contributed by atoms with van der Waals surface area (Å²) in [5, 5.41) is 4.22. The van der Waals surface area contributed by atoms with E-state index in [9.17, 15) is 21.6 Å². The Balaban J connectivity index is 1.47. The standard InChI is InChI=1S/C21H17N5O5S3/c27-20(19-18(11-14-32-19)25-33(28,29)16-5-2-1-3-6-16)24-15-7-9-17(10-8-15)34(30,31)26-21-22-12-4-13-23-21/h1-14,25H,(H,24,27)(H,22,23,26). The number of amides is 1. The number of aromatic nitrogens is 2. The van der Waals surface area contributed by atoms with E-state index in [1.165, 1.54) is 54.9 Å². The Morgan fingerprint density at radius 3 is 2.03 bits per heavy atom. The minimum absolute atomic E-state index is 0.0506. The smallest absolute Gasteiger partial charge is 0.267 e. The van der Waals surface area contributed by atoms with Crippen molar-refractivity contribution in [1.29, 1.82) is 0 Å². The van der Waals surface area contributed by atoms with E-state index in [2.05, 4.69) is 24.7 Å². The van der Waals surface area contributed by atoms with Crippen molar-refractivity contribution in [3.63, 3.8) is 0 Å². The van der Waals surface area contributed by atoms with Crippen molar-refractivity contribution in [1.82, 2.24) is 9.97 Å². The predicted octanol–water partition coefficient (Wildman–Crippen LogP) is 3.39. The van der Waals surface area contributed by atoms with Gasteiger partial charge in [0.2, 0.25) is 5.95 Å². The van der Waals surface area contributed by atoms with Crippen LogP contribution in [-0.4, -0.2) is 32.7 Å². The first kappa shape index (κ1) is 23.4. The van der Waals surface area contributed by atoms with E-state index in [0.717, 1.165) is 11.3 Å². The number of nitrogens with one attached hydrogen (secondary N) is 3. The molecule has 0 bridgehead atoms. The summed E-state index contributed by atoms with van der Waals surface area (Å²) in [5.74, 6) is -0.616. The molecule has 2 aromatic heterocycles. The van der Waals surface area contributed by atoms with E-state index < -0.39 is 26.0 Å². The second kappa shape index (κ2) is 9.59. The van der Waals surface area contributed by atoms with Crippen LogP contribution in [0.2, 0.25) is 0 Å². The molecule has 3 N–H and O–H groups in total. The van der Waals surface area contributed by atoms with Crippen LogP contribution in [0.4, 0.5) is 17.3 Å². The summed E-state index contributed by atoms with van der Waals surface area (Å²) >= 11 is 1.06. The van der Waals surface area contributed by atoms with Crippen molar-refractivity contribution in [3.05, 3.63) is 89.4 Å². The largest absolute Gasteiger partial charge is 0.321 e. The Kier molecular flexibility index (Phi) is 6.58. The van der Waals surface area contributed by atoms with Gasteiger partial charge in [0, 0.05) is 18.1 Å². The van der Waals surface area contributed by atoms with Crippen LogP contribution in [-0.2, 0) is 20.0 Å². The molecule has 1 amide bonds. The second-order valence-corrected chi connectivity index (χ2v) is 11.0. The molecule has 0 unspecified atom stereocenters. The van der Waals surface area contributed by atoms with Gasteiger partial charge >= 0.3 is 0 Å². The molecule has 34 heavy (non-hydrogen) atoms. The molecule has 0 saturated carbocycles. The molecule has 2 heterocycles. The highest BCUT2D eigenvalue weighted by Gasteiger charge is 2.20. The van der Waals surface area contributed by atoms with Crippen LogP contribution in [0.3, 0.4) is 0 Å². The molecule has 0 spiro atoms. The lowest BCUT2D eigenvalue weighted by molar-refractivity contribution is 0.103. The highest BCUT2D eigenvalue weighted by molar-refractivity contribution is 7.93. The van der Waals surface area contributed by atoms with Gasteiger partial charge in [0.25, 0.3) is 26.0 Å². The minimum atomic E-state index is -3.92. The maximum Gasteiger partial charge on any atom is 0.267 e. The van der Waals surface area contributed by atoms with Crippen LogP contribution >= 0.6 is 11.3 Å². The van der Waals surface area contributed by atoms with E-state index in [-0.39, 0.29) is 26.3 Å². The molecule has 0 saturated heterocycles. The van der Waals surface area contributed by atoms with Gasteiger partial charge in [-0.2, -0.15) is 0 Å². The van der Waals surface area contributed by atoms with Gasteiger partial charge < -0.3 is 5.32 Å². The molecule has 4 aromatic rings. The highest BCUT2D eigenvalue weighted by atomic mass is 32.2. The fourth-order valence-corrected chi connectivity index (χ4v) is 5.66. The number of anilines is 3. The molecule has 0 aliphatic rings. The van der Waals surface area contributed by atoms with Crippen molar-refractivity contribution >= 4 is 54.6 Å². The average molecular weight is 516 g/mol. The predicted molar refractivity (Wildman–Crippen MR) is 129 cm³/mol. The maximum absolute atomic E-state index is 12.8. The van der Waals surface area contributed by atoms with E-state index in [1.807, 2.05) is 0 Å². The number of benzene rings is 2. The van der Waals surface area contributed by atoms with E-state index in [0.29, 0.717) is 5.69 Å². The Labute approximate surface area is 199 Å². The van der Waals surface area contributed by atoms with Crippen LogP contribution in [0.15, 0.2) is 94.3 Å². The normalized spacial score (nSPS) is 11.5. The minimum Gasteiger partial charge on any atom is -0.321 e. The second-order valence-electron chi connectivity index (χ2n) is 6.74. The van der Waals surface area contributed by atoms with Crippen LogP contribution in [0, 0.1) is 0 Å². The molecule has 174 valence electrons. The van der Waals surface area contributed by atoms with E-state index in [1.54, 1.807) is 29.6 Å². The van der Waals surface area contributed by atoms with Gasteiger partial charge in [0.15, 0.2) is 0 Å². The molecule has 10 nitrogen and oxygen atoms in total. The summed E-state index contributed by atoms with van der Waals surface area (Å²) in [6.07, 6.45) is 2.81. The highest BCUT2D eigenvalue weighted by Crippen LogP contribution is 2.26. The van der Waals surface area contributed by atoms with Crippen LogP contribution in [0.5, 0.6) is 0 Å². The van der Waals surface area contributed by atoms with Gasteiger partial charge in [0.1, 0.15) is 4.88 Å². The zero-order valence-electron chi connectivity index (χ0n) is 17.2. The van der Waals surface area contributed by atoms with Gasteiger partial charge in [-0.05, 0) is 53.9 Å². The van der Waals surface area contributed by atoms with Crippen LogP contribution in [0.1, 0.15) is 9.67 Å². The number of rotatable bonds is 8. The quantitative estimate of drug-likeness (QED) is 0.326. The first-order valence-corrected chi connectivity index (χ1v) is 13.5. The first-order valence-electron chi connectivity index (χ1n) is 9.61. The van der Waals surface area contributed by atoms with Gasteiger partial charge in [-0.1, -0.05) is 18.2 Å². The molecule has 0 aliphatic carbocycles. The summed E-state index contributed by atoms with van der Waals surface area (Å²) < 4.78 is 54.8.